The summed E-state index contributed by atoms with van der Waals surface area (Å²) in [7, 11) is 0. The molecule has 20 heteroatoms. The fraction of sp³-hybridized carbons (Fsp3) is 0.481. The number of rotatable bonds is 21. The van der Waals surface area contributed by atoms with Gasteiger partial charge in [-0.2, -0.15) is 18.4 Å². The van der Waals surface area contributed by atoms with Crippen molar-refractivity contribution in [2.75, 3.05) is 49.4 Å². The van der Waals surface area contributed by atoms with Crippen LogP contribution in [0.25, 0.3) is 10.4 Å². The van der Waals surface area contributed by atoms with Crippen LogP contribution in [0.15, 0.2) is 66.2 Å². The highest BCUT2D eigenvalue weighted by atomic mass is 32.1. The van der Waals surface area contributed by atoms with Crippen LogP contribution in [0.4, 0.5) is 28.9 Å². The molecule has 386 valence electrons. The number of alkyl halides is 3. The van der Waals surface area contributed by atoms with Crippen LogP contribution < -0.4 is 25.2 Å². The number of benzene rings is 3. The molecule has 3 heterocycles. The standard InChI is InChI=1S/C52H61F4N7O7S2/c1-32-24-41(46(65)58-28-34-12-14-35(15-13-34)44-33(2)59-31-72-44)61(29-32)47(66)45(50(3,4)5)60-43(64)30-69-22-9-8-20-68-21-10-11-23-70-42-19-18-38(26-40(42)53)63-49(71)62(48(67)51(63,6)7)37-17-16-36(27-57)39(25-37)52(54,55)56/h12-19,25-26,31-32,41,45H,8-11,20-24,28-30H2,1-7H3,(H,58,65)(H,60,64)/t32-,41+,45-/m1/s1. The Morgan fingerprint density at radius 3 is 2.22 bits per heavy atom. The van der Waals surface area contributed by atoms with Gasteiger partial charge in [-0.1, -0.05) is 52.0 Å². The molecule has 2 N–H and O–H groups in total. The Labute approximate surface area is 427 Å². The maximum Gasteiger partial charge on any atom is 0.417 e. The van der Waals surface area contributed by atoms with Crippen molar-refractivity contribution >= 4 is 63.7 Å². The van der Waals surface area contributed by atoms with Crippen molar-refractivity contribution in [2.45, 2.75) is 111 Å². The summed E-state index contributed by atoms with van der Waals surface area (Å²) in [5.41, 5.74) is 0.966. The highest BCUT2D eigenvalue weighted by Gasteiger charge is 2.51. The number of hydrogen-bond acceptors (Lipinski definition) is 11. The number of carbonyl (C=O) groups excluding carboxylic acids is 4. The maximum atomic E-state index is 15.3. The lowest BCUT2D eigenvalue weighted by atomic mass is 9.85. The average Bonchev–Trinajstić information content (AvgIpc) is 3.99. The van der Waals surface area contributed by atoms with Gasteiger partial charge in [0.2, 0.25) is 17.7 Å². The molecule has 4 aromatic rings. The van der Waals surface area contributed by atoms with Crippen molar-refractivity contribution in [3.8, 4) is 22.3 Å². The van der Waals surface area contributed by atoms with E-state index in [0.29, 0.717) is 71.1 Å². The van der Waals surface area contributed by atoms with Crippen molar-refractivity contribution in [1.29, 1.82) is 5.26 Å². The molecule has 3 atom stereocenters. The minimum absolute atomic E-state index is 0.0336. The lowest BCUT2D eigenvalue weighted by molar-refractivity contribution is -0.144. The third-order valence-corrected chi connectivity index (χ3v) is 13.8. The minimum atomic E-state index is -4.85. The molecule has 0 saturated carbocycles. The highest BCUT2D eigenvalue weighted by molar-refractivity contribution is 7.81. The molecule has 0 spiro atoms. The molecule has 0 bridgehead atoms. The van der Waals surface area contributed by atoms with Crippen LogP contribution in [0.2, 0.25) is 0 Å². The zero-order chi connectivity index (χ0) is 52.5. The van der Waals surface area contributed by atoms with Crippen LogP contribution in [0.5, 0.6) is 5.75 Å². The zero-order valence-electron chi connectivity index (χ0n) is 41.5. The Bertz CT molecular complexity index is 2650. The Hall–Kier alpha value is -6.01. The van der Waals surface area contributed by atoms with Crippen LogP contribution in [0.3, 0.4) is 0 Å². The second-order valence-corrected chi connectivity index (χ2v) is 20.8. The van der Waals surface area contributed by atoms with Gasteiger partial charge in [0, 0.05) is 44.7 Å². The van der Waals surface area contributed by atoms with E-state index in [0.717, 1.165) is 38.7 Å². The summed E-state index contributed by atoms with van der Waals surface area (Å²) in [6, 6.07) is 14.9. The van der Waals surface area contributed by atoms with Crippen molar-refractivity contribution in [3.05, 3.63) is 94.4 Å². The quantitative estimate of drug-likeness (QED) is 0.0464. The van der Waals surface area contributed by atoms with Crippen molar-refractivity contribution in [1.82, 2.24) is 20.5 Å². The molecule has 14 nitrogen and oxygen atoms in total. The first-order valence-electron chi connectivity index (χ1n) is 23.8. The molecule has 72 heavy (non-hydrogen) atoms. The van der Waals surface area contributed by atoms with E-state index in [9.17, 15) is 37.6 Å². The lowest BCUT2D eigenvalue weighted by Crippen LogP contribution is -2.58. The number of ether oxygens (including phenoxy) is 3. The van der Waals surface area contributed by atoms with E-state index in [1.54, 1.807) is 16.2 Å². The number of carbonyl (C=O) groups is 4. The SMILES string of the molecule is Cc1ncsc1-c1ccc(CNC(=O)[C@@H]2C[C@@H](C)CN2C(=O)[C@@H](NC(=O)COCCCCOCCCCOc2ccc(N3C(=S)N(c4ccc(C#N)c(C(F)(F)F)c4)C(=O)C3(C)C)cc2F)C(C)(C)C)cc1. The van der Waals surface area contributed by atoms with E-state index in [1.165, 1.54) is 43.0 Å². The number of amides is 4. The normalized spacial score (nSPS) is 17.3. The summed E-state index contributed by atoms with van der Waals surface area (Å²) in [5, 5.41) is 14.9. The van der Waals surface area contributed by atoms with Crippen LogP contribution in [0.1, 0.15) is 96.0 Å². The minimum Gasteiger partial charge on any atom is -0.491 e. The summed E-state index contributed by atoms with van der Waals surface area (Å²) in [4.78, 5) is 63.5. The number of halogens is 4. The van der Waals surface area contributed by atoms with Gasteiger partial charge < -0.3 is 34.6 Å². The van der Waals surface area contributed by atoms with Gasteiger partial charge in [-0.3, -0.25) is 24.1 Å². The lowest BCUT2D eigenvalue weighted by Gasteiger charge is -2.35. The Morgan fingerprint density at radius 1 is 0.958 bits per heavy atom. The fourth-order valence-electron chi connectivity index (χ4n) is 8.58. The summed E-state index contributed by atoms with van der Waals surface area (Å²) in [6.45, 7) is 14.5. The van der Waals surface area contributed by atoms with E-state index < -0.39 is 58.0 Å². The van der Waals surface area contributed by atoms with E-state index in [1.807, 2.05) is 64.4 Å². The van der Waals surface area contributed by atoms with Crippen LogP contribution in [-0.2, 0) is 41.4 Å². The predicted octanol–water partition coefficient (Wildman–Crippen LogP) is 9.12. The second kappa shape index (κ2) is 23.7. The third-order valence-electron chi connectivity index (χ3n) is 12.5. The van der Waals surface area contributed by atoms with Gasteiger partial charge in [0.1, 0.15) is 24.2 Å². The number of thiazole rings is 1. The first-order chi connectivity index (χ1) is 34.0. The molecule has 2 aliphatic rings. The molecular weight excluding hydrogens is 975 g/mol. The van der Waals surface area contributed by atoms with Gasteiger partial charge in [0.05, 0.1) is 45.6 Å². The monoisotopic (exact) mass is 1040 g/mol. The Kier molecular flexibility index (Phi) is 18.2. The van der Waals surface area contributed by atoms with Crippen molar-refractivity contribution < 1.29 is 51.0 Å². The van der Waals surface area contributed by atoms with Gasteiger partial charge in [-0.05, 0) is 118 Å². The first-order valence-corrected chi connectivity index (χ1v) is 25.1. The second-order valence-electron chi connectivity index (χ2n) is 19.6. The largest absolute Gasteiger partial charge is 0.491 e. The smallest absolute Gasteiger partial charge is 0.417 e. The van der Waals surface area contributed by atoms with Gasteiger partial charge >= 0.3 is 6.18 Å². The van der Waals surface area contributed by atoms with Gasteiger partial charge in [-0.15, -0.1) is 11.3 Å². The summed E-state index contributed by atoms with van der Waals surface area (Å²) >= 11 is 7.13. The topological polar surface area (TPSA) is 166 Å². The molecule has 3 aromatic carbocycles. The van der Waals surface area contributed by atoms with Gasteiger partial charge in [0.15, 0.2) is 16.7 Å². The van der Waals surface area contributed by atoms with Crippen LogP contribution in [0, 0.1) is 35.4 Å². The average molecular weight is 1040 g/mol. The summed E-state index contributed by atoms with van der Waals surface area (Å²) < 4.78 is 73.5. The van der Waals surface area contributed by atoms with E-state index in [2.05, 4.69) is 15.6 Å². The summed E-state index contributed by atoms with van der Waals surface area (Å²) in [6.07, 6.45) is -1.83. The number of nitrogens with zero attached hydrogens (tertiary/aromatic N) is 5. The molecule has 4 amide bonds. The number of unbranched alkanes of at least 4 members (excludes halogenated alkanes) is 2. The number of aromatic nitrogens is 1. The number of nitriles is 1. The number of aryl methyl sites for hydroxylation is 1. The molecule has 2 fully saturated rings. The number of anilines is 2. The van der Waals surface area contributed by atoms with Crippen molar-refractivity contribution in [2.24, 2.45) is 11.3 Å². The van der Waals surface area contributed by atoms with Crippen LogP contribution >= 0.6 is 23.6 Å². The first kappa shape index (κ1) is 55.3. The Morgan fingerprint density at radius 2 is 1.61 bits per heavy atom. The third kappa shape index (κ3) is 13.3. The van der Waals surface area contributed by atoms with Crippen LogP contribution in [-0.4, -0.2) is 95.8 Å². The molecular formula is C52H61F4N7O7S2. The number of hydrogen-bond donors (Lipinski definition) is 2. The fourth-order valence-corrected chi connectivity index (χ4v) is 9.92. The molecule has 1 aromatic heterocycles. The predicted molar refractivity (Wildman–Crippen MR) is 270 cm³/mol. The molecule has 0 unspecified atom stereocenters. The molecule has 2 aliphatic heterocycles. The highest BCUT2D eigenvalue weighted by Crippen LogP contribution is 2.41. The number of nitrogens with one attached hydrogen (secondary N) is 2. The Balaban J connectivity index is 0.863. The van der Waals surface area contributed by atoms with E-state index in [4.69, 9.17) is 26.4 Å². The van der Waals surface area contributed by atoms with E-state index >= 15 is 4.39 Å². The maximum absolute atomic E-state index is 15.3. The number of thiocarbonyl (C=S) groups is 1. The zero-order valence-corrected chi connectivity index (χ0v) is 43.1. The van der Waals surface area contributed by atoms with Crippen molar-refractivity contribution in [3.63, 3.8) is 0 Å². The number of likely N-dealkylation sites (tertiary alicyclic amines) is 1. The van der Waals surface area contributed by atoms with E-state index in [-0.39, 0.29) is 53.2 Å². The molecule has 0 radical (unpaired) electrons. The summed E-state index contributed by atoms with van der Waals surface area (Å²) in [5.74, 6) is -2.26. The van der Waals surface area contributed by atoms with Gasteiger partial charge in [0.25, 0.3) is 5.91 Å². The van der Waals surface area contributed by atoms with Gasteiger partial charge in [-0.25, -0.2) is 9.37 Å². The molecule has 2 saturated heterocycles. The molecule has 6 rings (SSSR count). The molecule has 0 aliphatic carbocycles.